The Morgan fingerprint density at radius 3 is 2.47 bits per heavy atom. The lowest BCUT2D eigenvalue weighted by Gasteiger charge is -2.00. The number of nitrogens with zero attached hydrogens (tertiary/aromatic N) is 2. The first-order chi connectivity index (χ1) is 8.97. The number of aromatic nitrogens is 2. The van der Waals surface area contributed by atoms with Gasteiger partial charge in [0.25, 0.3) is 0 Å². The minimum atomic E-state index is -1.11. The van der Waals surface area contributed by atoms with E-state index in [2.05, 4.69) is 5.10 Å². The Balaban J connectivity index is 2.12. The Hall–Kier alpha value is -2.37. The zero-order valence-electron chi connectivity index (χ0n) is 10.1. The van der Waals surface area contributed by atoms with Gasteiger partial charge in [0.1, 0.15) is 5.69 Å². The maximum atomic E-state index is 13.0. The van der Waals surface area contributed by atoms with Crippen molar-refractivity contribution in [1.82, 2.24) is 9.78 Å². The van der Waals surface area contributed by atoms with E-state index in [0.29, 0.717) is 0 Å². The van der Waals surface area contributed by atoms with Crippen LogP contribution in [0.5, 0.6) is 0 Å². The molecule has 0 unspecified atom stereocenters. The average Bonchev–Trinajstić information content (AvgIpc) is 2.79. The maximum Gasteiger partial charge on any atom is 0.190 e. The summed E-state index contributed by atoms with van der Waals surface area (Å²) in [7, 11) is 1.65. The van der Waals surface area contributed by atoms with Crippen LogP contribution in [0, 0.1) is 11.6 Å². The van der Waals surface area contributed by atoms with Crippen molar-refractivity contribution in [2.75, 3.05) is 0 Å². The highest BCUT2D eigenvalue weighted by atomic mass is 19.2. The summed E-state index contributed by atoms with van der Waals surface area (Å²) in [6.45, 7) is 0. The van der Waals surface area contributed by atoms with Crippen molar-refractivity contribution in [1.29, 1.82) is 0 Å². The lowest BCUT2D eigenvalue weighted by Crippen LogP contribution is -2.10. The van der Waals surface area contributed by atoms with Crippen molar-refractivity contribution < 1.29 is 18.4 Å². The van der Waals surface area contributed by atoms with E-state index in [1.165, 1.54) is 10.7 Å². The third-order valence-electron chi connectivity index (χ3n) is 2.56. The third-order valence-corrected chi connectivity index (χ3v) is 2.56. The largest absolute Gasteiger partial charge is 0.294 e. The molecule has 0 saturated carbocycles. The molecule has 0 radical (unpaired) electrons. The summed E-state index contributed by atoms with van der Waals surface area (Å²) in [4.78, 5) is 23.5. The van der Waals surface area contributed by atoms with Crippen LogP contribution in [-0.2, 0) is 7.05 Å². The molecule has 1 heterocycles. The molecule has 2 aromatic rings. The number of carbonyl (C=O) groups is 2. The van der Waals surface area contributed by atoms with Gasteiger partial charge < -0.3 is 0 Å². The molecule has 0 spiro atoms. The van der Waals surface area contributed by atoms with Gasteiger partial charge in [-0.15, -0.1) is 0 Å². The summed E-state index contributed by atoms with van der Waals surface area (Å²) in [5.41, 5.74) is 0.126. The third kappa shape index (κ3) is 2.90. The van der Waals surface area contributed by atoms with E-state index < -0.39 is 29.6 Å². The molecule has 0 aliphatic heterocycles. The minimum absolute atomic E-state index is 0.0387. The van der Waals surface area contributed by atoms with E-state index in [1.807, 2.05) is 0 Å². The Bertz CT molecular complexity index is 650. The molecule has 0 aliphatic rings. The second kappa shape index (κ2) is 5.09. The van der Waals surface area contributed by atoms with Crippen molar-refractivity contribution in [3.63, 3.8) is 0 Å². The number of benzene rings is 1. The monoisotopic (exact) mass is 264 g/mol. The predicted molar refractivity (Wildman–Crippen MR) is 62.8 cm³/mol. The fourth-order valence-electron chi connectivity index (χ4n) is 1.57. The Morgan fingerprint density at radius 2 is 1.89 bits per heavy atom. The Morgan fingerprint density at radius 1 is 1.16 bits per heavy atom. The second-order valence-corrected chi connectivity index (χ2v) is 4.03. The topological polar surface area (TPSA) is 52.0 Å². The molecule has 98 valence electrons. The molecule has 0 amide bonds. The Labute approximate surface area is 107 Å². The van der Waals surface area contributed by atoms with Gasteiger partial charge in [0.2, 0.25) is 0 Å². The van der Waals surface area contributed by atoms with Crippen LogP contribution < -0.4 is 0 Å². The second-order valence-electron chi connectivity index (χ2n) is 4.03. The van der Waals surface area contributed by atoms with Gasteiger partial charge in [0.15, 0.2) is 23.2 Å². The van der Waals surface area contributed by atoms with Crippen molar-refractivity contribution in [3.05, 3.63) is 53.4 Å². The number of Topliss-reactive ketones (excluding diaryl/α,β-unsaturated/α-hetero) is 2. The van der Waals surface area contributed by atoms with Gasteiger partial charge in [-0.3, -0.25) is 14.3 Å². The Kier molecular flexibility index (Phi) is 3.50. The van der Waals surface area contributed by atoms with Gasteiger partial charge in [0.05, 0.1) is 6.42 Å². The zero-order valence-corrected chi connectivity index (χ0v) is 10.1. The molecule has 1 aromatic heterocycles. The molecule has 0 bridgehead atoms. The number of hydrogen-bond acceptors (Lipinski definition) is 3. The summed E-state index contributed by atoms with van der Waals surface area (Å²) in [6, 6.07) is 4.27. The minimum Gasteiger partial charge on any atom is -0.294 e. The van der Waals surface area contributed by atoms with Crippen molar-refractivity contribution in [2.24, 2.45) is 7.05 Å². The van der Waals surface area contributed by atoms with Crippen LogP contribution in [0.2, 0.25) is 0 Å². The number of aryl methyl sites for hydroxylation is 1. The fourth-order valence-corrected chi connectivity index (χ4v) is 1.57. The van der Waals surface area contributed by atoms with E-state index in [-0.39, 0.29) is 11.3 Å². The highest BCUT2D eigenvalue weighted by Crippen LogP contribution is 2.12. The lowest BCUT2D eigenvalue weighted by atomic mass is 10.0. The van der Waals surface area contributed by atoms with E-state index in [4.69, 9.17) is 0 Å². The normalized spacial score (nSPS) is 10.5. The van der Waals surface area contributed by atoms with E-state index in [0.717, 1.165) is 18.2 Å². The molecular formula is C13H10F2N2O2. The summed E-state index contributed by atoms with van der Waals surface area (Å²) < 4.78 is 27.1. The smallest absolute Gasteiger partial charge is 0.190 e. The zero-order chi connectivity index (χ0) is 14.0. The van der Waals surface area contributed by atoms with Crippen LogP contribution in [-0.4, -0.2) is 21.3 Å². The molecular weight excluding hydrogens is 254 g/mol. The van der Waals surface area contributed by atoms with Gasteiger partial charge in [-0.2, -0.15) is 5.10 Å². The first kappa shape index (κ1) is 13.1. The summed E-state index contributed by atoms with van der Waals surface area (Å²) >= 11 is 0. The molecule has 0 fully saturated rings. The van der Waals surface area contributed by atoms with Gasteiger partial charge in [0, 0.05) is 18.8 Å². The molecule has 6 heteroatoms. The van der Waals surface area contributed by atoms with Crippen LogP contribution in [0.1, 0.15) is 27.3 Å². The highest BCUT2D eigenvalue weighted by Gasteiger charge is 2.16. The molecule has 19 heavy (non-hydrogen) atoms. The molecule has 0 N–H and O–H groups in total. The first-order valence-electron chi connectivity index (χ1n) is 5.48. The van der Waals surface area contributed by atoms with Crippen molar-refractivity contribution >= 4 is 11.6 Å². The molecule has 1 aromatic carbocycles. The number of hydrogen-bond donors (Lipinski definition) is 0. The molecule has 0 atom stereocenters. The van der Waals surface area contributed by atoms with Crippen LogP contribution in [0.3, 0.4) is 0 Å². The quantitative estimate of drug-likeness (QED) is 0.628. The summed E-state index contributed by atoms with van der Waals surface area (Å²) in [5.74, 6) is -3.19. The van der Waals surface area contributed by atoms with Crippen molar-refractivity contribution in [2.45, 2.75) is 6.42 Å². The maximum absolute atomic E-state index is 13.0. The van der Waals surface area contributed by atoms with Crippen LogP contribution in [0.15, 0.2) is 30.5 Å². The first-order valence-corrected chi connectivity index (χ1v) is 5.48. The number of rotatable bonds is 4. The summed E-state index contributed by atoms with van der Waals surface area (Å²) in [5, 5.41) is 3.87. The number of ketones is 2. The van der Waals surface area contributed by atoms with E-state index in [1.54, 1.807) is 13.2 Å². The van der Waals surface area contributed by atoms with Gasteiger partial charge in [-0.1, -0.05) is 0 Å². The van der Waals surface area contributed by atoms with Gasteiger partial charge in [-0.05, 0) is 24.3 Å². The summed E-state index contributed by atoms with van der Waals surface area (Å²) in [6.07, 6.45) is 1.15. The SMILES string of the molecule is Cn1ccc(C(=O)CC(=O)c2ccc(F)c(F)c2)n1. The molecule has 2 rings (SSSR count). The fraction of sp³-hybridized carbons (Fsp3) is 0.154. The highest BCUT2D eigenvalue weighted by molar-refractivity contribution is 6.12. The van der Waals surface area contributed by atoms with Gasteiger partial charge in [-0.25, -0.2) is 8.78 Å². The molecule has 4 nitrogen and oxygen atoms in total. The van der Waals surface area contributed by atoms with E-state index >= 15 is 0 Å². The molecule has 0 aliphatic carbocycles. The van der Waals surface area contributed by atoms with E-state index in [9.17, 15) is 18.4 Å². The van der Waals surface area contributed by atoms with Crippen LogP contribution in [0.4, 0.5) is 8.78 Å². The lowest BCUT2D eigenvalue weighted by molar-refractivity contribution is 0.0890. The number of halogens is 2. The number of carbonyl (C=O) groups excluding carboxylic acids is 2. The standard InChI is InChI=1S/C13H10F2N2O2/c1-17-5-4-11(16-17)13(19)7-12(18)8-2-3-9(14)10(15)6-8/h2-6H,7H2,1H3. The van der Waals surface area contributed by atoms with Gasteiger partial charge >= 0.3 is 0 Å². The van der Waals surface area contributed by atoms with Crippen molar-refractivity contribution in [3.8, 4) is 0 Å². The average molecular weight is 264 g/mol. The van der Waals surface area contributed by atoms with Crippen LogP contribution >= 0.6 is 0 Å². The predicted octanol–water partition coefficient (Wildman–Crippen LogP) is 2.15. The molecule has 0 saturated heterocycles. The van der Waals surface area contributed by atoms with Crippen LogP contribution in [0.25, 0.3) is 0 Å².